The van der Waals surface area contributed by atoms with Gasteiger partial charge in [0, 0.05) is 31.1 Å². The van der Waals surface area contributed by atoms with Crippen LogP contribution in [-0.4, -0.2) is 47.0 Å². The van der Waals surface area contributed by atoms with Gasteiger partial charge in [0.25, 0.3) is 0 Å². The lowest BCUT2D eigenvalue weighted by molar-refractivity contribution is 0.376. The number of nitrogens with one attached hydrogen (secondary N) is 1. The molecule has 5 nitrogen and oxygen atoms in total. The molecule has 0 amide bonds. The summed E-state index contributed by atoms with van der Waals surface area (Å²) in [7, 11) is 1.83. The lowest BCUT2D eigenvalue weighted by Gasteiger charge is -2.36. The molecule has 0 spiro atoms. The molecule has 1 fully saturated rings. The Hall–Kier alpha value is -0.440. The number of nitrogens with zero attached hydrogens (tertiary/aromatic N) is 3. The maximum Gasteiger partial charge on any atom is 0.214 e. The van der Waals surface area contributed by atoms with Crippen LogP contribution in [0.25, 0.3) is 0 Å². The summed E-state index contributed by atoms with van der Waals surface area (Å²) in [6.45, 7) is 11.1. The molecule has 1 N–H and O–H groups in total. The van der Waals surface area contributed by atoms with Gasteiger partial charge >= 0.3 is 0 Å². The number of hydrogen-bond donors (Lipinski definition) is 1. The Morgan fingerprint density at radius 3 is 2.77 bits per heavy atom. The van der Waals surface area contributed by atoms with E-state index in [4.69, 9.17) is 4.42 Å². The molecule has 0 bridgehead atoms. The summed E-state index contributed by atoms with van der Waals surface area (Å²) < 4.78 is 5.60. The zero-order valence-corrected chi connectivity index (χ0v) is 17.2. The highest BCUT2D eigenvalue weighted by Gasteiger charge is 2.24. The molecular formula is C15H27IN4OS. The Balaban J connectivity index is 0.00000242. The Kier molecular flexibility index (Phi) is 8.02. The van der Waals surface area contributed by atoms with Gasteiger partial charge in [-0.3, -0.25) is 4.99 Å². The van der Waals surface area contributed by atoms with E-state index in [1.54, 1.807) is 0 Å². The van der Waals surface area contributed by atoms with Gasteiger partial charge in [-0.2, -0.15) is 11.8 Å². The Labute approximate surface area is 154 Å². The molecule has 1 aliphatic rings. The van der Waals surface area contributed by atoms with E-state index in [0.717, 1.165) is 42.1 Å². The van der Waals surface area contributed by atoms with Gasteiger partial charge in [0.1, 0.15) is 5.76 Å². The van der Waals surface area contributed by atoms with Crippen LogP contribution in [0.5, 0.6) is 0 Å². The van der Waals surface area contributed by atoms with Crippen molar-refractivity contribution in [1.82, 2.24) is 15.2 Å². The number of aromatic nitrogens is 1. The Morgan fingerprint density at radius 2 is 2.23 bits per heavy atom. The molecule has 1 unspecified atom stereocenters. The van der Waals surface area contributed by atoms with Crippen molar-refractivity contribution in [2.24, 2.45) is 10.9 Å². The molecule has 1 saturated heterocycles. The predicted molar refractivity (Wildman–Crippen MR) is 104 cm³/mol. The average Bonchev–Trinajstić information content (AvgIpc) is 2.79. The SMILES string of the molecule is CN=C(NCc1nc(C)c(C)o1)N1CCSC(C(C)C)C1.I. The van der Waals surface area contributed by atoms with Crippen molar-refractivity contribution in [3.05, 3.63) is 17.3 Å². The molecule has 7 heteroatoms. The molecule has 0 radical (unpaired) electrons. The van der Waals surface area contributed by atoms with E-state index in [1.165, 1.54) is 0 Å². The topological polar surface area (TPSA) is 53.7 Å². The summed E-state index contributed by atoms with van der Waals surface area (Å²) in [6.07, 6.45) is 0. The van der Waals surface area contributed by atoms with Gasteiger partial charge < -0.3 is 14.6 Å². The van der Waals surface area contributed by atoms with Crippen LogP contribution in [0.3, 0.4) is 0 Å². The summed E-state index contributed by atoms with van der Waals surface area (Å²) in [5.74, 6) is 4.39. The number of oxazole rings is 1. The van der Waals surface area contributed by atoms with Crippen LogP contribution in [0.4, 0.5) is 0 Å². The van der Waals surface area contributed by atoms with Gasteiger partial charge in [-0.25, -0.2) is 4.98 Å². The van der Waals surface area contributed by atoms with Gasteiger partial charge in [0.2, 0.25) is 5.89 Å². The number of rotatable bonds is 3. The van der Waals surface area contributed by atoms with Crippen molar-refractivity contribution in [3.8, 4) is 0 Å². The smallest absolute Gasteiger partial charge is 0.214 e. The second-order valence-electron chi connectivity index (χ2n) is 5.75. The van der Waals surface area contributed by atoms with Crippen LogP contribution >= 0.6 is 35.7 Å². The monoisotopic (exact) mass is 438 g/mol. The summed E-state index contributed by atoms with van der Waals surface area (Å²) in [5.41, 5.74) is 0.955. The third kappa shape index (κ3) is 5.04. The molecule has 1 atom stereocenters. The zero-order chi connectivity index (χ0) is 15.4. The number of aryl methyl sites for hydroxylation is 2. The van der Waals surface area contributed by atoms with Gasteiger partial charge in [0.15, 0.2) is 5.96 Å². The first-order valence-corrected chi connectivity index (χ1v) is 8.56. The second kappa shape index (κ2) is 9.00. The summed E-state index contributed by atoms with van der Waals surface area (Å²) in [6, 6.07) is 0. The fourth-order valence-electron chi connectivity index (χ4n) is 2.37. The third-order valence-electron chi connectivity index (χ3n) is 3.82. The number of guanidine groups is 1. The summed E-state index contributed by atoms with van der Waals surface area (Å²) >= 11 is 2.07. The number of thioether (sulfide) groups is 1. The molecule has 22 heavy (non-hydrogen) atoms. The van der Waals surface area contributed by atoms with Crippen molar-refractivity contribution in [2.45, 2.75) is 39.5 Å². The van der Waals surface area contributed by atoms with Crippen molar-refractivity contribution in [2.75, 3.05) is 25.9 Å². The van der Waals surface area contributed by atoms with Crippen molar-refractivity contribution >= 4 is 41.7 Å². The molecule has 2 heterocycles. The molecular weight excluding hydrogens is 411 g/mol. The highest BCUT2D eigenvalue weighted by Crippen LogP contribution is 2.24. The van der Waals surface area contributed by atoms with Gasteiger partial charge in [0.05, 0.1) is 12.2 Å². The van der Waals surface area contributed by atoms with Crippen LogP contribution in [0.2, 0.25) is 0 Å². The van der Waals surface area contributed by atoms with E-state index >= 15 is 0 Å². The predicted octanol–water partition coefficient (Wildman–Crippen LogP) is 3.06. The van der Waals surface area contributed by atoms with Gasteiger partial charge in [-0.05, 0) is 19.8 Å². The van der Waals surface area contributed by atoms with Crippen LogP contribution in [0.1, 0.15) is 31.2 Å². The highest BCUT2D eigenvalue weighted by molar-refractivity contribution is 14.0. The van der Waals surface area contributed by atoms with Crippen LogP contribution in [0, 0.1) is 19.8 Å². The Morgan fingerprint density at radius 1 is 1.50 bits per heavy atom. The minimum absolute atomic E-state index is 0. The fourth-order valence-corrected chi connectivity index (χ4v) is 3.67. The molecule has 126 valence electrons. The molecule has 0 aromatic carbocycles. The van der Waals surface area contributed by atoms with Crippen molar-refractivity contribution < 1.29 is 4.42 Å². The minimum atomic E-state index is 0. The summed E-state index contributed by atoms with van der Waals surface area (Å²) in [4.78, 5) is 11.1. The van der Waals surface area contributed by atoms with Crippen LogP contribution in [-0.2, 0) is 6.54 Å². The molecule has 1 aliphatic heterocycles. The van der Waals surface area contributed by atoms with E-state index in [2.05, 4.69) is 45.8 Å². The van der Waals surface area contributed by atoms with Crippen LogP contribution in [0.15, 0.2) is 9.41 Å². The third-order valence-corrected chi connectivity index (χ3v) is 5.36. The molecule has 0 saturated carbocycles. The number of aliphatic imine (C=N–C) groups is 1. The van der Waals surface area contributed by atoms with Crippen molar-refractivity contribution in [1.29, 1.82) is 0 Å². The quantitative estimate of drug-likeness (QED) is 0.447. The lowest BCUT2D eigenvalue weighted by Crippen LogP contribution is -2.48. The first-order chi connectivity index (χ1) is 10.0. The standard InChI is InChI=1S/C15H26N4OS.HI/c1-10(2)13-9-19(6-7-21-13)15(16-5)17-8-14-18-11(3)12(4)20-14;/h10,13H,6-9H2,1-5H3,(H,16,17);1H. The largest absolute Gasteiger partial charge is 0.444 e. The van der Waals surface area contributed by atoms with E-state index < -0.39 is 0 Å². The van der Waals surface area contributed by atoms with E-state index in [9.17, 15) is 0 Å². The molecule has 0 aliphatic carbocycles. The van der Waals surface area contributed by atoms with Gasteiger partial charge in [-0.1, -0.05) is 13.8 Å². The Bertz CT molecular complexity index is 484. The first kappa shape index (κ1) is 19.6. The van der Waals surface area contributed by atoms with E-state index in [0.29, 0.717) is 17.7 Å². The molecule has 1 aromatic heterocycles. The zero-order valence-electron chi connectivity index (χ0n) is 14.0. The van der Waals surface area contributed by atoms with E-state index in [1.807, 2.05) is 20.9 Å². The van der Waals surface area contributed by atoms with Crippen molar-refractivity contribution in [3.63, 3.8) is 0 Å². The van der Waals surface area contributed by atoms with Crippen LogP contribution < -0.4 is 5.32 Å². The highest BCUT2D eigenvalue weighted by atomic mass is 127. The minimum Gasteiger partial charge on any atom is -0.444 e. The summed E-state index contributed by atoms with van der Waals surface area (Å²) in [5, 5.41) is 4.04. The first-order valence-electron chi connectivity index (χ1n) is 7.51. The van der Waals surface area contributed by atoms with Gasteiger partial charge in [-0.15, -0.1) is 24.0 Å². The molecule has 1 aromatic rings. The maximum absolute atomic E-state index is 5.60. The average molecular weight is 438 g/mol. The second-order valence-corrected chi connectivity index (χ2v) is 7.10. The number of halogens is 1. The fraction of sp³-hybridized carbons (Fsp3) is 0.733. The molecule has 2 rings (SSSR count). The number of hydrogen-bond acceptors (Lipinski definition) is 4. The lowest BCUT2D eigenvalue weighted by atomic mass is 10.1. The normalized spacial score (nSPS) is 19.3. The maximum atomic E-state index is 5.60. The van der Waals surface area contributed by atoms with E-state index in [-0.39, 0.29) is 24.0 Å².